The van der Waals surface area contributed by atoms with Crippen molar-refractivity contribution in [3.05, 3.63) is 0 Å². The summed E-state index contributed by atoms with van der Waals surface area (Å²) in [7, 11) is 0. The maximum Gasteiger partial charge on any atom is 0.326 e. The van der Waals surface area contributed by atoms with Crippen molar-refractivity contribution < 1.29 is 19.5 Å². The quantitative estimate of drug-likeness (QED) is 0.844. The van der Waals surface area contributed by atoms with Gasteiger partial charge in [0, 0.05) is 32.5 Å². The molecule has 1 spiro atoms. The zero-order valence-electron chi connectivity index (χ0n) is 15.2. The van der Waals surface area contributed by atoms with Gasteiger partial charge in [0.2, 0.25) is 11.8 Å². The van der Waals surface area contributed by atoms with Gasteiger partial charge >= 0.3 is 5.97 Å². The Morgan fingerprint density at radius 2 is 1.84 bits per heavy atom. The largest absolute Gasteiger partial charge is 0.480 e. The molecule has 0 bridgehead atoms. The lowest BCUT2D eigenvalue weighted by Gasteiger charge is -2.48. The van der Waals surface area contributed by atoms with Gasteiger partial charge in [-0.2, -0.15) is 0 Å². The molecule has 0 aromatic heterocycles. The lowest BCUT2D eigenvalue weighted by molar-refractivity contribution is -0.155. The molecule has 3 fully saturated rings. The van der Waals surface area contributed by atoms with E-state index in [2.05, 4.69) is 0 Å². The first-order chi connectivity index (χ1) is 11.9. The van der Waals surface area contributed by atoms with E-state index in [0.29, 0.717) is 25.3 Å². The van der Waals surface area contributed by atoms with Crippen molar-refractivity contribution in [1.29, 1.82) is 0 Å². The Morgan fingerprint density at radius 1 is 1.20 bits per heavy atom. The van der Waals surface area contributed by atoms with E-state index in [9.17, 15) is 19.5 Å². The number of aliphatic carboxylic acids is 1. The monoisotopic (exact) mass is 350 g/mol. The molecule has 0 aromatic rings. The van der Waals surface area contributed by atoms with E-state index in [1.165, 1.54) is 30.6 Å². The average Bonchev–Trinajstić information content (AvgIpc) is 3.10. The van der Waals surface area contributed by atoms with E-state index >= 15 is 0 Å². The van der Waals surface area contributed by atoms with Gasteiger partial charge in [-0.3, -0.25) is 9.59 Å². The number of amides is 2. The average molecular weight is 350 g/mol. The third kappa shape index (κ3) is 3.98. The summed E-state index contributed by atoms with van der Waals surface area (Å²) < 4.78 is 0. The SMILES string of the molecule is C[C@H](C(=O)O)N1CC2(CCC1=O)CCN(C(=O)CC1CCCC1)CC2. The minimum atomic E-state index is -0.949. The molecule has 1 atom stereocenters. The van der Waals surface area contributed by atoms with Gasteiger partial charge in [-0.05, 0) is 50.4 Å². The van der Waals surface area contributed by atoms with E-state index in [4.69, 9.17) is 0 Å². The van der Waals surface area contributed by atoms with Crippen LogP contribution in [0.3, 0.4) is 0 Å². The number of hydrogen-bond acceptors (Lipinski definition) is 3. The van der Waals surface area contributed by atoms with Crippen LogP contribution in [0.5, 0.6) is 0 Å². The Morgan fingerprint density at radius 3 is 2.44 bits per heavy atom. The standard InChI is InChI=1S/C19H30N2O4/c1-14(18(24)25)21-13-19(7-6-16(21)22)8-10-20(11-9-19)17(23)12-15-4-2-3-5-15/h14-15H,2-13H2,1H3,(H,24,25)/t14-/m1/s1. The number of carbonyl (C=O) groups excluding carboxylic acids is 2. The summed E-state index contributed by atoms with van der Waals surface area (Å²) in [6.45, 7) is 3.59. The molecule has 0 radical (unpaired) electrons. The highest BCUT2D eigenvalue weighted by Gasteiger charge is 2.44. The van der Waals surface area contributed by atoms with Crippen LogP contribution in [-0.4, -0.2) is 58.4 Å². The Labute approximate surface area is 149 Å². The van der Waals surface area contributed by atoms with E-state index in [0.717, 1.165) is 32.4 Å². The Balaban J connectivity index is 1.55. The molecule has 1 aliphatic carbocycles. The number of nitrogens with zero attached hydrogens (tertiary/aromatic N) is 2. The molecule has 3 rings (SSSR count). The lowest BCUT2D eigenvalue weighted by Crippen LogP contribution is -2.56. The number of likely N-dealkylation sites (tertiary alicyclic amines) is 2. The van der Waals surface area contributed by atoms with Crippen LogP contribution >= 0.6 is 0 Å². The van der Waals surface area contributed by atoms with Crippen LogP contribution in [0.1, 0.15) is 64.7 Å². The summed E-state index contributed by atoms with van der Waals surface area (Å²) in [6.07, 6.45) is 8.57. The van der Waals surface area contributed by atoms with Crippen LogP contribution < -0.4 is 0 Å². The lowest BCUT2D eigenvalue weighted by atomic mass is 9.72. The van der Waals surface area contributed by atoms with Crippen molar-refractivity contribution in [1.82, 2.24) is 9.80 Å². The number of carboxylic acid groups (broad SMARTS) is 1. The van der Waals surface area contributed by atoms with Crippen LogP contribution in [-0.2, 0) is 14.4 Å². The van der Waals surface area contributed by atoms with Gasteiger partial charge in [0.05, 0.1) is 0 Å². The molecule has 6 heteroatoms. The molecule has 0 aromatic carbocycles. The summed E-state index contributed by atoms with van der Waals surface area (Å²) in [5.74, 6) is -0.151. The second kappa shape index (κ2) is 7.34. The molecule has 2 heterocycles. The predicted octanol–water partition coefficient (Wildman–Crippen LogP) is 2.27. The first-order valence-electron chi connectivity index (χ1n) is 9.70. The zero-order valence-corrected chi connectivity index (χ0v) is 15.2. The molecule has 1 saturated carbocycles. The number of hydrogen-bond donors (Lipinski definition) is 1. The molecular weight excluding hydrogens is 320 g/mol. The molecule has 1 N–H and O–H groups in total. The number of carbonyl (C=O) groups is 3. The fraction of sp³-hybridized carbons (Fsp3) is 0.842. The molecule has 140 valence electrons. The topological polar surface area (TPSA) is 77.9 Å². The van der Waals surface area contributed by atoms with E-state index in [-0.39, 0.29) is 17.2 Å². The van der Waals surface area contributed by atoms with Gasteiger partial charge in [0.25, 0.3) is 0 Å². The minimum Gasteiger partial charge on any atom is -0.480 e. The second-order valence-electron chi connectivity index (χ2n) is 8.27. The van der Waals surface area contributed by atoms with Crippen molar-refractivity contribution in [2.45, 2.75) is 70.8 Å². The van der Waals surface area contributed by atoms with Gasteiger partial charge in [-0.1, -0.05) is 12.8 Å². The van der Waals surface area contributed by atoms with Gasteiger partial charge < -0.3 is 14.9 Å². The summed E-state index contributed by atoms with van der Waals surface area (Å²) in [5.41, 5.74) is -0.0121. The summed E-state index contributed by atoms with van der Waals surface area (Å²) in [5, 5.41) is 9.24. The smallest absolute Gasteiger partial charge is 0.326 e. The number of carboxylic acids is 1. The predicted molar refractivity (Wildman–Crippen MR) is 92.9 cm³/mol. The molecule has 2 saturated heterocycles. The minimum absolute atomic E-state index is 0.0121. The number of rotatable bonds is 4. The van der Waals surface area contributed by atoms with Crippen molar-refractivity contribution in [2.24, 2.45) is 11.3 Å². The first kappa shape index (κ1) is 18.2. The van der Waals surface area contributed by atoms with Gasteiger partial charge in [0.1, 0.15) is 6.04 Å². The molecule has 3 aliphatic rings. The molecule has 2 aliphatic heterocycles. The molecule has 0 unspecified atom stereocenters. The van der Waals surface area contributed by atoms with Crippen LogP contribution in [0.15, 0.2) is 0 Å². The highest BCUT2D eigenvalue weighted by molar-refractivity contribution is 5.84. The van der Waals surface area contributed by atoms with Crippen molar-refractivity contribution >= 4 is 17.8 Å². The Kier molecular flexibility index (Phi) is 5.35. The normalized spacial score (nSPS) is 25.4. The molecular formula is C19H30N2O4. The van der Waals surface area contributed by atoms with E-state index < -0.39 is 12.0 Å². The number of piperidine rings is 2. The maximum absolute atomic E-state index is 12.5. The van der Waals surface area contributed by atoms with Gasteiger partial charge in [0.15, 0.2) is 0 Å². The molecule has 25 heavy (non-hydrogen) atoms. The fourth-order valence-corrected chi connectivity index (χ4v) is 4.76. The van der Waals surface area contributed by atoms with Crippen molar-refractivity contribution in [2.75, 3.05) is 19.6 Å². The third-order valence-corrected chi connectivity index (χ3v) is 6.64. The van der Waals surface area contributed by atoms with E-state index in [1.54, 1.807) is 6.92 Å². The van der Waals surface area contributed by atoms with Gasteiger partial charge in [-0.25, -0.2) is 4.79 Å². The van der Waals surface area contributed by atoms with Gasteiger partial charge in [-0.15, -0.1) is 0 Å². The maximum atomic E-state index is 12.5. The third-order valence-electron chi connectivity index (χ3n) is 6.64. The van der Waals surface area contributed by atoms with Crippen LogP contribution in [0.4, 0.5) is 0 Å². The zero-order chi connectivity index (χ0) is 18.0. The Bertz CT molecular complexity index is 534. The first-order valence-corrected chi connectivity index (χ1v) is 9.70. The summed E-state index contributed by atoms with van der Waals surface area (Å²) in [6, 6.07) is -0.772. The van der Waals surface area contributed by atoms with E-state index in [1.807, 2.05) is 4.90 Å². The Hall–Kier alpha value is -1.59. The van der Waals surface area contributed by atoms with Crippen LogP contribution in [0.25, 0.3) is 0 Å². The molecule has 6 nitrogen and oxygen atoms in total. The van der Waals surface area contributed by atoms with Crippen molar-refractivity contribution in [3.63, 3.8) is 0 Å². The summed E-state index contributed by atoms with van der Waals surface area (Å²) in [4.78, 5) is 39.4. The van der Waals surface area contributed by atoms with Crippen molar-refractivity contribution in [3.8, 4) is 0 Å². The highest BCUT2D eigenvalue weighted by atomic mass is 16.4. The van der Waals surface area contributed by atoms with Crippen LogP contribution in [0.2, 0.25) is 0 Å². The molecule has 2 amide bonds. The van der Waals surface area contributed by atoms with Crippen LogP contribution in [0, 0.1) is 11.3 Å². The summed E-state index contributed by atoms with van der Waals surface area (Å²) >= 11 is 0. The fourth-order valence-electron chi connectivity index (χ4n) is 4.76. The second-order valence-corrected chi connectivity index (χ2v) is 8.27. The highest BCUT2D eigenvalue weighted by Crippen LogP contribution is 2.41.